The van der Waals surface area contributed by atoms with Crippen molar-refractivity contribution in [3.63, 3.8) is 0 Å². The van der Waals surface area contributed by atoms with Crippen LogP contribution in [0, 0.1) is 5.92 Å². The average molecular weight is 322 g/mol. The molecule has 0 radical (unpaired) electrons. The van der Waals surface area contributed by atoms with Gasteiger partial charge in [0.15, 0.2) is 0 Å². The van der Waals surface area contributed by atoms with Crippen molar-refractivity contribution < 1.29 is 9.47 Å². The van der Waals surface area contributed by atoms with E-state index in [4.69, 9.17) is 9.47 Å². The summed E-state index contributed by atoms with van der Waals surface area (Å²) >= 11 is 0. The van der Waals surface area contributed by atoms with Crippen molar-refractivity contribution >= 4 is 0 Å². The van der Waals surface area contributed by atoms with Gasteiger partial charge in [-0.1, -0.05) is 72.8 Å². The van der Waals surface area contributed by atoms with Crippen molar-refractivity contribution in [2.75, 3.05) is 6.61 Å². The zero-order valence-corrected chi connectivity index (χ0v) is 14.4. The van der Waals surface area contributed by atoms with E-state index in [0.29, 0.717) is 19.1 Å². The second kappa shape index (κ2) is 8.27. The van der Waals surface area contributed by atoms with Crippen LogP contribution in [0.1, 0.15) is 37.0 Å². The Balaban J connectivity index is 1.61. The molecule has 0 N–H and O–H groups in total. The van der Waals surface area contributed by atoms with Gasteiger partial charge in [-0.25, -0.2) is 0 Å². The quantitative estimate of drug-likeness (QED) is 0.670. The highest BCUT2D eigenvalue weighted by Gasteiger charge is 2.32. The van der Waals surface area contributed by atoms with E-state index >= 15 is 0 Å². The largest absolute Gasteiger partial charge is 0.374 e. The number of rotatable bonds is 6. The molecule has 3 atom stereocenters. The van der Waals surface area contributed by atoms with E-state index in [1.807, 2.05) is 24.3 Å². The minimum Gasteiger partial charge on any atom is -0.374 e. The van der Waals surface area contributed by atoms with E-state index in [2.05, 4.69) is 49.9 Å². The topological polar surface area (TPSA) is 18.5 Å². The van der Waals surface area contributed by atoms with Crippen molar-refractivity contribution in [1.29, 1.82) is 0 Å². The van der Waals surface area contributed by atoms with Crippen LogP contribution in [0.3, 0.4) is 0 Å². The van der Waals surface area contributed by atoms with Crippen molar-refractivity contribution in [3.8, 4) is 0 Å². The molecule has 0 unspecified atom stereocenters. The van der Waals surface area contributed by atoms with Gasteiger partial charge in [-0.2, -0.15) is 0 Å². The second-order valence-corrected chi connectivity index (χ2v) is 6.60. The van der Waals surface area contributed by atoms with Crippen LogP contribution in [0.2, 0.25) is 0 Å². The summed E-state index contributed by atoms with van der Waals surface area (Å²) in [4.78, 5) is 0. The molecule has 2 heteroatoms. The SMILES string of the molecule is C=C(C)[C@H]1CC[C@@H](c2ccccc2)O[C@H]1COCc1ccccc1. The van der Waals surface area contributed by atoms with Crippen molar-refractivity contribution in [2.45, 2.75) is 38.6 Å². The first-order valence-electron chi connectivity index (χ1n) is 8.71. The third-order valence-electron chi connectivity index (χ3n) is 4.73. The fourth-order valence-corrected chi connectivity index (χ4v) is 3.39. The summed E-state index contributed by atoms with van der Waals surface area (Å²) in [5, 5.41) is 0. The van der Waals surface area contributed by atoms with Gasteiger partial charge in [0.2, 0.25) is 0 Å². The van der Waals surface area contributed by atoms with Gasteiger partial charge in [0.25, 0.3) is 0 Å². The molecular weight excluding hydrogens is 296 g/mol. The third kappa shape index (κ3) is 4.34. The first-order chi connectivity index (χ1) is 11.7. The van der Waals surface area contributed by atoms with E-state index in [1.165, 1.54) is 16.7 Å². The standard InChI is InChI=1S/C22H26O2/c1-17(2)20-13-14-21(19-11-7-4-8-12-19)24-22(20)16-23-15-18-9-5-3-6-10-18/h3-12,20-22H,1,13-16H2,2H3/t20-,21+,22+/m1/s1. The molecule has 0 amide bonds. The summed E-state index contributed by atoms with van der Waals surface area (Å²) < 4.78 is 12.4. The number of hydrogen-bond acceptors (Lipinski definition) is 2. The van der Waals surface area contributed by atoms with Gasteiger partial charge in [0.05, 0.1) is 25.4 Å². The molecule has 1 aliphatic rings. The minimum atomic E-state index is 0.0742. The van der Waals surface area contributed by atoms with Gasteiger partial charge in [0.1, 0.15) is 0 Å². The van der Waals surface area contributed by atoms with E-state index in [0.717, 1.165) is 12.8 Å². The highest BCUT2D eigenvalue weighted by Crippen LogP contribution is 2.37. The molecule has 24 heavy (non-hydrogen) atoms. The predicted molar refractivity (Wildman–Crippen MR) is 97.7 cm³/mol. The lowest BCUT2D eigenvalue weighted by molar-refractivity contribution is -0.111. The van der Waals surface area contributed by atoms with Crippen LogP contribution in [-0.2, 0) is 16.1 Å². The Hall–Kier alpha value is -1.90. The van der Waals surface area contributed by atoms with Gasteiger partial charge in [-0.05, 0) is 30.9 Å². The summed E-state index contributed by atoms with van der Waals surface area (Å²) in [6.07, 6.45) is 2.38. The predicted octanol–water partition coefficient (Wildman–Crippen LogP) is 5.32. The zero-order chi connectivity index (χ0) is 16.8. The lowest BCUT2D eigenvalue weighted by Crippen LogP contribution is -2.35. The Labute approximate surface area is 145 Å². The maximum absolute atomic E-state index is 6.40. The second-order valence-electron chi connectivity index (χ2n) is 6.60. The Morgan fingerprint density at radius 2 is 1.71 bits per heavy atom. The zero-order valence-electron chi connectivity index (χ0n) is 14.4. The monoisotopic (exact) mass is 322 g/mol. The minimum absolute atomic E-state index is 0.0742. The molecule has 0 spiro atoms. The molecule has 0 saturated carbocycles. The molecule has 2 aromatic rings. The summed E-state index contributed by atoms with van der Waals surface area (Å²) in [6.45, 7) is 7.49. The molecule has 2 aromatic carbocycles. The van der Waals surface area contributed by atoms with E-state index in [1.54, 1.807) is 0 Å². The van der Waals surface area contributed by atoms with Crippen molar-refractivity contribution in [3.05, 3.63) is 83.9 Å². The van der Waals surface area contributed by atoms with Crippen LogP contribution in [0.15, 0.2) is 72.8 Å². The molecule has 1 fully saturated rings. The van der Waals surface area contributed by atoms with Gasteiger partial charge in [-0.15, -0.1) is 0 Å². The lowest BCUT2D eigenvalue weighted by Gasteiger charge is -2.37. The maximum Gasteiger partial charge on any atom is 0.0881 e. The van der Waals surface area contributed by atoms with Crippen LogP contribution in [0.25, 0.3) is 0 Å². The molecule has 1 aliphatic heterocycles. The van der Waals surface area contributed by atoms with Crippen LogP contribution in [0.5, 0.6) is 0 Å². The van der Waals surface area contributed by atoms with Gasteiger partial charge < -0.3 is 9.47 Å². The molecule has 0 aromatic heterocycles. The van der Waals surface area contributed by atoms with Gasteiger partial charge in [-0.3, -0.25) is 0 Å². The molecule has 0 aliphatic carbocycles. The number of ether oxygens (including phenoxy) is 2. The highest BCUT2D eigenvalue weighted by atomic mass is 16.5. The Morgan fingerprint density at radius 3 is 2.38 bits per heavy atom. The maximum atomic E-state index is 6.40. The Bertz CT molecular complexity index is 636. The fourth-order valence-electron chi connectivity index (χ4n) is 3.39. The van der Waals surface area contributed by atoms with E-state index < -0.39 is 0 Å². The van der Waals surface area contributed by atoms with E-state index in [-0.39, 0.29) is 12.2 Å². The first-order valence-corrected chi connectivity index (χ1v) is 8.71. The summed E-state index contributed by atoms with van der Waals surface area (Å²) in [7, 11) is 0. The molecule has 0 bridgehead atoms. The summed E-state index contributed by atoms with van der Waals surface area (Å²) in [6, 6.07) is 20.8. The van der Waals surface area contributed by atoms with E-state index in [9.17, 15) is 0 Å². The fraction of sp³-hybridized carbons (Fsp3) is 0.364. The van der Waals surface area contributed by atoms with Gasteiger partial charge in [0, 0.05) is 5.92 Å². The molecule has 2 nitrogen and oxygen atoms in total. The first kappa shape index (κ1) is 16.9. The van der Waals surface area contributed by atoms with Crippen molar-refractivity contribution in [1.82, 2.24) is 0 Å². The summed E-state index contributed by atoms with van der Waals surface area (Å²) in [5.41, 5.74) is 3.64. The van der Waals surface area contributed by atoms with Crippen LogP contribution in [0.4, 0.5) is 0 Å². The van der Waals surface area contributed by atoms with Crippen LogP contribution < -0.4 is 0 Å². The molecule has 1 saturated heterocycles. The Morgan fingerprint density at radius 1 is 1.04 bits per heavy atom. The highest BCUT2D eigenvalue weighted by molar-refractivity contribution is 5.19. The molecular formula is C22H26O2. The molecule has 126 valence electrons. The smallest absolute Gasteiger partial charge is 0.0881 e. The van der Waals surface area contributed by atoms with Crippen LogP contribution >= 0.6 is 0 Å². The third-order valence-corrected chi connectivity index (χ3v) is 4.73. The normalized spacial score (nSPS) is 23.8. The Kier molecular flexibility index (Phi) is 5.84. The number of benzene rings is 2. The van der Waals surface area contributed by atoms with Crippen LogP contribution in [-0.4, -0.2) is 12.7 Å². The average Bonchev–Trinajstić information content (AvgIpc) is 2.63. The van der Waals surface area contributed by atoms with Gasteiger partial charge >= 0.3 is 0 Å². The molecule has 3 rings (SSSR count). The lowest BCUT2D eigenvalue weighted by atomic mass is 9.85. The molecule has 1 heterocycles. The summed E-state index contributed by atoms with van der Waals surface area (Å²) in [5.74, 6) is 0.376. The van der Waals surface area contributed by atoms with Crippen molar-refractivity contribution in [2.24, 2.45) is 5.92 Å². The number of hydrogen-bond donors (Lipinski definition) is 0.